The van der Waals surface area contributed by atoms with Gasteiger partial charge in [0.15, 0.2) is 5.65 Å². The summed E-state index contributed by atoms with van der Waals surface area (Å²) < 4.78 is 9.78. The lowest BCUT2D eigenvalue weighted by Gasteiger charge is -2.27. The van der Waals surface area contributed by atoms with Gasteiger partial charge >= 0.3 is 0 Å². The summed E-state index contributed by atoms with van der Waals surface area (Å²) in [5.41, 5.74) is 6.50. The molecule has 0 atom stereocenters. The number of fused-ring (bicyclic) bond motifs is 1. The number of methoxy groups -OCH3 is 1. The van der Waals surface area contributed by atoms with Crippen molar-refractivity contribution in [1.29, 1.82) is 0 Å². The van der Waals surface area contributed by atoms with Crippen LogP contribution >= 0.6 is 0 Å². The molecule has 0 bridgehead atoms. The van der Waals surface area contributed by atoms with Crippen LogP contribution in [0.3, 0.4) is 0 Å². The SMILES string of the molecule is COc1cc(-n2cccn2)ccc1-c1nc2c(C)cn(C3CCC(O)CC3)c2nc1C. The van der Waals surface area contributed by atoms with Crippen LogP contribution in [0.15, 0.2) is 42.9 Å². The summed E-state index contributed by atoms with van der Waals surface area (Å²) in [6.07, 6.45) is 9.27. The minimum absolute atomic E-state index is 0.171. The molecule has 160 valence electrons. The third-order valence-electron chi connectivity index (χ3n) is 6.27. The highest BCUT2D eigenvalue weighted by molar-refractivity contribution is 5.81. The summed E-state index contributed by atoms with van der Waals surface area (Å²) >= 11 is 0. The molecule has 0 unspecified atom stereocenters. The molecule has 1 aromatic carbocycles. The van der Waals surface area contributed by atoms with E-state index in [-0.39, 0.29) is 6.10 Å². The van der Waals surface area contributed by atoms with Crippen LogP contribution in [0.4, 0.5) is 0 Å². The lowest BCUT2D eigenvalue weighted by atomic mass is 9.93. The van der Waals surface area contributed by atoms with Crippen LogP contribution in [0, 0.1) is 13.8 Å². The van der Waals surface area contributed by atoms with Crippen LogP contribution in [0.25, 0.3) is 28.1 Å². The lowest BCUT2D eigenvalue weighted by Crippen LogP contribution is -2.20. The molecule has 3 heterocycles. The van der Waals surface area contributed by atoms with Gasteiger partial charge in [-0.3, -0.25) is 0 Å². The summed E-state index contributed by atoms with van der Waals surface area (Å²) in [5.74, 6) is 0.739. The monoisotopic (exact) mass is 417 g/mol. The summed E-state index contributed by atoms with van der Waals surface area (Å²) in [5, 5.41) is 14.2. The van der Waals surface area contributed by atoms with Gasteiger partial charge < -0.3 is 14.4 Å². The molecule has 31 heavy (non-hydrogen) atoms. The number of aryl methyl sites for hydroxylation is 2. The van der Waals surface area contributed by atoms with E-state index >= 15 is 0 Å². The molecule has 7 nitrogen and oxygen atoms in total. The van der Waals surface area contributed by atoms with Gasteiger partial charge in [-0.15, -0.1) is 0 Å². The Morgan fingerprint density at radius 1 is 1.10 bits per heavy atom. The highest BCUT2D eigenvalue weighted by Crippen LogP contribution is 2.36. The number of aliphatic hydroxyl groups excluding tert-OH is 1. The fourth-order valence-electron chi connectivity index (χ4n) is 4.59. The maximum Gasteiger partial charge on any atom is 0.159 e. The second kappa shape index (κ2) is 7.81. The largest absolute Gasteiger partial charge is 0.496 e. The van der Waals surface area contributed by atoms with E-state index in [4.69, 9.17) is 14.7 Å². The van der Waals surface area contributed by atoms with Gasteiger partial charge in [0, 0.05) is 36.3 Å². The van der Waals surface area contributed by atoms with E-state index in [1.165, 1.54) is 0 Å². The first-order chi connectivity index (χ1) is 15.0. The quantitative estimate of drug-likeness (QED) is 0.533. The van der Waals surface area contributed by atoms with Crippen LogP contribution in [0.1, 0.15) is 43.0 Å². The normalized spacial score (nSPS) is 19.1. The van der Waals surface area contributed by atoms with Gasteiger partial charge in [0.1, 0.15) is 11.3 Å². The van der Waals surface area contributed by atoms with Gasteiger partial charge in [-0.05, 0) is 63.3 Å². The Morgan fingerprint density at radius 3 is 2.61 bits per heavy atom. The van der Waals surface area contributed by atoms with Crippen molar-refractivity contribution in [3.05, 3.63) is 54.1 Å². The van der Waals surface area contributed by atoms with E-state index in [1.54, 1.807) is 18.0 Å². The van der Waals surface area contributed by atoms with E-state index in [0.717, 1.165) is 70.8 Å². The molecule has 3 aromatic heterocycles. The molecule has 1 saturated carbocycles. The molecule has 1 fully saturated rings. The molecule has 1 aliphatic carbocycles. The van der Waals surface area contributed by atoms with Crippen molar-refractivity contribution in [2.75, 3.05) is 7.11 Å². The van der Waals surface area contributed by atoms with Gasteiger partial charge in [-0.2, -0.15) is 5.10 Å². The van der Waals surface area contributed by atoms with E-state index in [9.17, 15) is 5.11 Å². The minimum Gasteiger partial charge on any atom is -0.496 e. The molecular formula is C24H27N5O2. The maximum absolute atomic E-state index is 9.87. The average molecular weight is 418 g/mol. The van der Waals surface area contributed by atoms with E-state index in [2.05, 4.69) is 22.8 Å². The molecule has 0 amide bonds. The van der Waals surface area contributed by atoms with E-state index in [0.29, 0.717) is 6.04 Å². The molecule has 7 heteroatoms. The van der Waals surface area contributed by atoms with E-state index < -0.39 is 0 Å². The number of hydrogen-bond acceptors (Lipinski definition) is 5. The lowest BCUT2D eigenvalue weighted by molar-refractivity contribution is 0.111. The van der Waals surface area contributed by atoms with Crippen LogP contribution in [-0.4, -0.2) is 42.6 Å². The number of benzene rings is 1. The smallest absolute Gasteiger partial charge is 0.159 e. The van der Waals surface area contributed by atoms with Gasteiger partial charge in [-0.1, -0.05) is 0 Å². The minimum atomic E-state index is -0.171. The Balaban J connectivity index is 1.58. The molecule has 1 N–H and O–H groups in total. The number of aromatic nitrogens is 5. The standard InChI is InChI=1S/C24H27N5O2/c1-15-14-28(17-5-8-19(30)9-6-17)24-22(15)27-23(16(2)26-24)20-10-7-18(13-21(20)31-3)29-12-4-11-25-29/h4,7,10-14,17,19,30H,5-6,8-9H2,1-3H3. The molecule has 4 aromatic rings. The van der Waals surface area contributed by atoms with Crippen molar-refractivity contribution in [2.24, 2.45) is 0 Å². The fourth-order valence-corrected chi connectivity index (χ4v) is 4.59. The average Bonchev–Trinajstić information content (AvgIpc) is 3.42. The van der Waals surface area contributed by atoms with Crippen LogP contribution in [-0.2, 0) is 0 Å². The molecule has 0 radical (unpaired) electrons. The second-order valence-corrected chi connectivity index (χ2v) is 8.35. The molecular weight excluding hydrogens is 390 g/mol. The molecule has 5 rings (SSSR count). The van der Waals surface area contributed by atoms with Crippen LogP contribution in [0.2, 0.25) is 0 Å². The zero-order chi connectivity index (χ0) is 21.5. The third kappa shape index (κ3) is 3.49. The first-order valence-corrected chi connectivity index (χ1v) is 10.8. The Hall–Kier alpha value is -3.19. The summed E-state index contributed by atoms with van der Waals surface area (Å²) in [6, 6.07) is 8.26. The number of ether oxygens (including phenoxy) is 1. The Morgan fingerprint density at radius 2 is 1.90 bits per heavy atom. The Labute approximate surface area is 181 Å². The van der Waals surface area contributed by atoms with Gasteiger partial charge in [0.25, 0.3) is 0 Å². The number of hydrogen-bond donors (Lipinski definition) is 1. The zero-order valence-electron chi connectivity index (χ0n) is 18.1. The van der Waals surface area contributed by atoms with Crippen molar-refractivity contribution >= 4 is 11.2 Å². The Bertz CT molecular complexity index is 1220. The fraction of sp³-hybridized carbons (Fsp3) is 0.375. The third-order valence-corrected chi connectivity index (χ3v) is 6.27. The van der Waals surface area contributed by atoms with Crippen molar-refractivity contribution < 1.29 is 9.84 Å². The van der Waals surface area contributed by atoms with Crippen molar-refractivity contribution in [2.45, 2.75) is 51.7 Å². The first-order valence-electron chi connectivity index (χ1n) is 10.8. The summed E-state index contributed by atoms with van der Waals surface area (Å²) in [4.78, 5) is 10.0. The summed E-state index contributed by atoms with van der Waals surface area (Å²) in [6.45, 7) is 4.09. The van der Waals surface area contributed by atoms with Crippen LogP contribution in [0.5, 0.6) is 5.75 Å². The predicted octanol–water partition coefficient (Wildman–Crippen LogP) is 4.39. The molecule has 0 spiro atoms. The van der Waals surface area contributed by atoms with Crippen molar-refractivity contribution in [3.8, 4) is 22.7 Å². The number of nitrogens with zero attached hydrogens (tertiary/aromatic N) is 5. The summed E-state index contributed by atoms with van der Waals surface area (Å²) in [7, 11) is 1.67. The van der Waals surface area contributed by atoms with Gasteiger partial charge in [-0.25, -0.2) is 14.6 Å². The second-order valence-electron chi connectivity index (χ2n) is 8.35. The maximum atomic E-state index is 9.87. The molecule has 0 saturated heterocycles. The topological polar surface area (TPSA) is 78.0 Å². The van der Waals surface area contributed by atoms with Gasteiger partial charge in [0.2, 0.25) is 0 Å². The highest BCUT2D eigenvalue weighted by atomic mass is 16.5. The van der Waals surface area contributed by atoms with Crippen LogP contribution < -0.4 is 4.74 Å². The number of rotatable bonds is 4. The predicted molar refractivity (Wildman–Crippen MR) is 120 cm³/mol. The molecule has 0 aliphatic heterocycles. The zero-order valence-corrected chi connectivity index (χ0v) is 18.1. The van der Waals surface area contributed by atoms with E-state index in [1.807, 2.05) is 37.4 Å². The number of aliphatic hydroxyl groups is 1. The molecule has 1 aliphatic rings. The first kappa shape index (κ1) is 19.8. The Kier molecular flexibility index (Phi) is 4.98. The van der Waals surface area contributed by atoms with Crippen molar-refractivity contribution in [1.82, 2.24) is 24.3 Å². The van der Waals surface area contributed by atoms with Crippen molar-refractivity contribution in [3.63, 3.8) is 0 Å². The highest BCUT2D eigenvalue weighted by Gasteiger charge is 2.24. The van der Waals surface area contributed by atoms with Gasteiger partial charge in [0.05, 0.1) is 30.3 Å².